The first-order valence-corrected chi connectivity index (χ1v) is 9.69. The van der Waals surface area contributed by atoms with Gasteiger partial charge in [0.15, 0.2) is 6.61 Å². The van der Waals surface area contributed by atoms with Crippen molar-refractivity contribution in [2.24, 2.45) is 5.10 Å². The topological polar surface area (TPSA) is 70.9 Å². The molecule has 5 nitrogen and oxygen atoms in total. The first-order valence-electron chi connectivity index (χ1n) is 6.55. The molecule has 0 aromatic heterocycles. The van der Waals surface area contributed by atoms with Crippen LogP contribution in [-0.4, -0.2) is 23.8 Å². The van der Waals surface area contributed by atoms with E-state index in [4.69, 9.17) is 27.9 Å². The van der Waals surface area contributed by atoms with Crippen LogP contribution >= 0.6 is 71.0 Å². The van der Waals surface area contributed by atoms with Crippen LogP contribution in [0.5, 0.6) is 11.5 Å². The van der Waals surface area contributed by atoms with Gasteiger partial charge in [-0.15, -0.1) is 0 Å². The normalized spacial score (nSPS) is 10.9. The molecular formula is C15H9Br3Cl2N2O3. The molecule has 0 heterocycles. The minimum Gasteiger partial charge on any atom is -0.506 e. The molecule has 2 aromatic carbocycles. The van der Waals surface area contributed by atoms with Gasteiger partial charge < -0.3 is 9.84 Å². The number of rotatable bonds is 5. The van der Waals surface area contributed by atoms with E-state index in [9.17, 15) is 9.90 Å². The zero-order valence-electron chi connectivity index (χ0n) is 12.2. The van der Waals surface area contributed by atoms with Crippen molar-refractivity contribution in [3.05, 3.63) is 53.3 Å². The highest BCUT2D eigenvalue weighted by Crippen LogP contribution is 2.38. The lowest BCUT2D eigenvalue weighted by Crippen LogP contribution is -2.24. The van der Waals surface area contributed by atoms with E-state index in [1.54, 1.807) is 18.2 Å². The summed E-state index contributed by atoms with van der Waals surface area (Å²) in [6, 6.07) is 6.35. The Morgan fingerprint density at radius 2 is 1.96 bits per heavy atom. The third kappa shape index (κ3) is 5.59. The Bertz CT molecular complexity index is 847. The molecule has 132 valence electrons. The Hall–Kier alpha value is -0.800. The summed E-state index contributed by atoms with van der Waals surface area (Å²) in [7, 11) is 0. The monoisotopic (exact) mass is 572 g/mol. The van der Waals surface area contributed by atoms with Gasteiger partial charge in [0.2, 0.25) is 0 Å². The van der Waals surface area contributed by atoms with Crippen molar-refractivity contribution >= 4 is 83.1 Å². The smallest absolute Gasteiger partial charge is 0.277 e. The predicted octanol–water partition coefficient (Wildman–Crippen LogP) is 5.52. The van der Waals surface area contributed by atoms with Crippen molar-refractivity contribution in [3.63, 3.8) is 0 Å². The van der Waals surface area contributed by atoms with E-state index in [0.717, 1.165) is 0 Å². The number of phenolic OH excluding ortho intramolecular Hbond substituents is 1. The standard InChI is InChI=1S/C15H9Br3Cl2N2O3/c16-9-4-10(17)15(24)14(18)8(9)5-21-22-13(23)6-25-12-2-1-7(19)3-11(12)20/h1-5,24H,6H2,(H,22,23)/b21-5+. The van der Waals surface area contributed by atoms with Crippen LogP contribution < -0.4 is 10.2 Å². The van der Waals surface area contributed by atoms with Crippen LogP contribution in [-0.2, 0) is 4.79 Å². The second kappa shape index (κ2) is 9.23. The van der Waals surface area contributed by atoms with Gasteiger partial charge in [-0.2, -0.15) is 5.10 Å². The van der Waals surface area contributed by atoms with E-state index in [0.29, 0.717) is 34.8 Å². The summed E-state index contributed by atoms with van der Waals surface area (Å²) in [6.07, 6.45) is 1.38. The van der Waals surface area contributed by atoms with E-state index in [1.807, 2.05) is 0 Å². The number of amides is 1. The molecule has 2 rings (SSSR count). The van der Waals surface area contributed by atoms with Crippen molar-refractivity contribution in [1.82, 2.24) is 5.43 Å². The van der Waals surface area contributed by atoms with E-state index < -0.39 is 5.91 Å². The Morgan fingerprint density at radius 1 is 1.24 bits per heavy atom. The van der Waals surface area contributed by atoms with Gasteiger partial charge in [-0.1, -0.05) is 39.1 Å². The largest absolute Gasteiger partial charge is 0.506 e. The number of benzene rings is 2. The first kappa shape index (κ1) is 20.5. The van der Waals surface area contributed by atoms with Crippen LogP contribution in [0.4, 0.5) is 0 Å². The number of phenols is 1. The Morgan fingerprint density at radius 3 is 2.64 bits per heavy atom. The fourth-order valence-corrected chi connectivity index (χ4v) is 4.44. The Balaban J connectivity index is 1.96. The molecule has 0 aliphatic carbocycles. The third-order valence-corrected chi connectivity index (χ3v) is 5.41. The molecule has 10 heteroatoms. The molecule has 0 fully saturated rings. The fraction of sp³-hybridized carbons (Fsp3) is 0.0667. The van der Waals surface area contributed by atoms with Crippen LogP contribution in [0, 0.1) is 0 Å². The second-order valence-electron chi connectivity index (χ2n) is 4.57. The zero-order valence-corrected chi connectivity index (χ0v) is 18.5. The van der Waals surface area contributed by atoms with Crippen molar-refractivity contribution in [2.45, 2.75) is 0 Å². The lowest BCUT2D eigenvalue weighted by molar-refractivity contribution is -0.123. The maximum atomic E-state index is 11.8. The number of halogens is 5. The summed E-state index contributed by atoms with van der Waals surface area (Å²) in [6.45, 7) is -0.271. The van der Waals surface area contributed by atoms with Gasteiger partial charge in [-0.3, -0.25) is 4.79 Å². The van der Waals surface area contributed by atoms with E-state index in [1.165, 1.54) is 12.3 Å². The van der Waals surface area contributed by atoms with Gasteiger partial charge in [-0.05, 0) is 56.1 Å². The number of nitrogens with zero attached hydrogens (tertiary/aromatic N) is 1. The number of hydrogen-bond donors (Lipinski definition) is 2. The van der Waals surface area contributed by atoms with E-state index in [2.05, 4.69) is 58.3 Å². The molecule has 2 aromatic rings. The highest BCUT2D eigenvalue weighted by atomic mass is 79.9. The predicted molar refractivity (Wildman–Crippen MR) is 109 cm³/mol. The number of hydrogen-bond acceptors (Lipinski definition) is 4. The number of aromatic hydroxyl groups is 1. The molecule has 0 bridgehead atoms. The molecule has 0 saturated heterocycles. The lowest BCUT2D eigenvalue weighted by atomic mass is 10.2. The van der Waals surface area contributed by atoms with Crippen LogP contribution in [0.15, 0.2) is 42.8 Å². The Labute approximate surface area is 178 Å². The van der Waals surface area contributed by atoms with Gasteiger partial charge in [0.1, 0.15) is 11.5 Å². The highest BCUT2D eigenvalue weighted by Gasteiger charge is 2.12. The molecule has 0 saturated carbocycles. The minimum atomic E-state index is -0.476. The van der Waals surface area contributed by atoms with Gasteiger partial charge in [-0.25, -0.2) is 5.43 Å². The molecule has 0 unspecified atom stereocenters. The molecule has 25 heavy (non-hydrogen) atoms. The summed E-state index contributed by atoms with van der Waals surface area (Å²) in [4.78, 5) is 11.8. The number of ether oxygens (including phenoxy) is 1. The molecule has 0 atom stereocenters. The average molecular weight is 576 g/mol. The van der Waals surface area contributed by atoms with Gasteiger partial charge in [0.05, 0.1) is 20.2 Å². The SMILES string of the molecule is O=C(COc1ccc(Cl)cc1Cl)N/N=C/c1c(Br)cc(Br)c(O)c1Br. The maximum Gasteiger partial charge on any atom is 0.277 e. The zero-order chi connectivity index (χ0) is 18.6. The molecule has 2 N–H and O–H groups in total. The number of carbonyl (C=O) groups excluding carboxylic acids is 1. The summed E-state index contributed by atoms with van der Waals surface area (Å²) in [5, 5.41) is 14.5. The summed E-state index contributed by atoms with van der Waals surface area (Å²) in [5.74, 6) is -0.110. The van der Waals surface area contributed by atoms with Crippen LogP contribution in [0.2, 0.25) is 10.0 Å². The molecule has 0 aliphatic heterocycles. The quantitative estimate of drug-likeness (QED) is 0.365. The number of nitrogens with one attached hydrogen (secondary N) is 1. The van der Waals surface area contributed by atoms with Gasteiger partial charge in [0.25, 0.3) is 5.91 Å². The molecule has 0 aliphatic rings. The maximum absolute atomic E-state index is 11.8. The average Bonchev–Trinajstić information content (AvgIpc) is 2.55. The highest BCUT2D eigenvalue weighted by molar-refractivity contribution is 9.11. The van der Waals surface area contributed by atoms with Crippen molar-refractivity contribution in [3.8, 4) is 11.5 Å². The first-order chi connectivity index (χ1) is 11.8. The third-order valence-electron chi connectivity index (χ3n) is 2.82. The second-order valence-corrected chi connectivity index (χ2v) is 7.92. The van der Waals surface area contributed by atoms with Gasteiger partial charge in [0, 0.05) is 15.1 Å². The van der Waals surface area contributed by atoms with E-state index >= 15 is 0 Å². The fourth-order valence-electron chi connectivity index (χ4n) is 1.65. The van der Waals surface area contributed by atoms with Crippen molar-refractivity contribution in [2.75, 3.05) is 6.61 Å². The number of carbonyl (C=O) groups is 1. The summed E-state index contributed by atoms with van der Waals surface area (Å²) >= 11 is 21.6. The van der Waals surface area contributed by atoms with Crippen LogP contribution in [0.3, 0.4) is 0 Å². The Kier molecular flexibility index (Phi) is 7.57. The van der Waals surface area contributed by atoms with Crippen LogP contribution in [0.1, 0.15) is 5.56 Å². The number of hydrazone groups is 1. The molecular weight excluding hydrogens is 567 g/mol. The van der Waals surface area contributed by atoms with Crippen molar-refractivity contribution in [1.29, 1.82) is 0 Å². The van der Waals surface area contributed by atoms with Gasteiger partial charge >= 0.3 is 0 Å². The molecule has 0 spiro atoms. The molecule has 0 radical (unpaired) electrons. The summed E-state index contributed by atoms with van der Waals surface area (Å²) < 4.78 is 6.91. The minimum absolute atomic E-state index is 0.0247. The summed E-state index contributed by atoms with van der Waals surface area (Å²) in [5.41, 5.74) is 2.88. The lowest BCUT2D eigenvalue weighted by Gasteiger charge is -2.08. The van der Waals surface area contributed by atoms with Crippen LogP contribution in [0.25, 0.3) is 0 Å². The van der Waals surface area contributed by atoms with Crippen molar-refractivity contribution < 1.29 is 14.6 Å². The van der Waals surface area contributed by atoms with E-state index in [-0.39, 0.29) is 12.4 Å². The molecule has 1 amide bonds.